The summed E-state index contributed by atoms with van der Waals surface area (Å²) in [5.74, 6) is 1.67. The molecule has 34 heavy (non-hydrogen) atoms. The van der Waals surface area contributed by atoms with Gasteiger partial charge in [-0.3, -0.25) is 4.79 Å². The molecule has 0 bridgehead atoms. The number of nitrogens with one attached hydrogen (secondary N) is 1. The summed E-state index contributed by atoms with van der Waals surface area (Å²) in [5, 5.41) is 2.97. The van der Waals surface area contributed by atoms with Gasteiger partial charge in [0.2, 0.25) is 15.9 Å². The molecule has 1 amide bonds. The standard InChI is InChI=1S/C24H32N2O7S/c1-17(21-16-19(30-2)6-8-23(21)32-4)25-24(27)10-5-18-15-20(7-9-22(18)31-3)34(28,29)26-11-13-33-14-12-26/h6-9,15-17H,5,10-14H2,1-4H3,(H,25,27)/t17-/m1/s1. The first-order valence-electron chi connectivity index (χ1n) is 11.1. The van der Waals surface area contributed by atoms with Gasteiger partial charge in [-0.1, -0.05) is 0 Å². The highest BCUT2D eigenvalue weighted by Gasteiger charge is 2.27. The molecule has 9 nitrogen and oxygen atoms in total. The van der Waals surface area contributed by atoms with E-state index in [0.717, 1.165) is 5.56 Å². The average molecular weight is 493 g/mol. The largest absolute Gasteiger partial charge is 0.497 e. The van der Waals surface area contributed by atoms with Crippen LogP contribution in [0.25, 0.3) is 0 Å². The molecule has 10 heteroatoms. The van der Waals surface area contributed by atoms with Crippen LogP contribution in [0.4, 0.5) is 0 Å². The molecule has 0 aliphatic carbocycles. The number of nitrogens with zero attached hydrogens (tertiary/aromatic N) is 1. The fraction of sp³-hybridized carbons (Fsp3) is 0.458. The Labute approximate surface area is 201 Å². The lowest BCUT2D eigenvalue weighted by Crippen LogP contribution is -2.40. The number of carbonyl (C=O) groups is 1. The first kappa shape index (κ1) is 25.8. The van der Waals surface area contributed by atoms with Crippen molar-refractivity contribution in [3.8, 4) is 17.2 Å². The van der Waals surface area contributed by atoms with Crippen molar-refractivity contribution in [2.24, 2.45) is 0 Å². The van der Waals surface area contributed by atoms with Gasteiger partial charge in [-0.2, -0.15) is 4.31 Å². The van der Waals surface area contributed by atoms with E-state index in [9.17, 15) is 13.2 Å². The minimum Gasteiger partial charge on any atom is -0.497 e. The summed E-state index contributed by atoms with van der Waals surface area (Å²) in [4.78, 5) is 12.9. The molecule has 0 aromatic heterocycles. The van der Waals surface area contributed by atoms with Crippen molar-refractivity contribution in [1.82, 2.24) is 9.62 Å². The molecule has 2 aromatic rings. The van der Waals surface area contributed by atoms with Gasteiger partial charge in [0, 0.05) is 25.1 Å². The van der Waals surface area contributed by atoms with Gasteiger partial charge in [-0.05, 0) is 55.3 Å². The Bertz CT molecular complexity index is 1100. The molecule has 0 spiro atoms. The number of morpholine rings is 1. The highest BCUT2D eigenvalue weighted by molar-refractivity contribution is 7.89. The van der Waals surface area contributed by atoms with Gasteiger partial charge in [0.15, 0.2) is 0 Å². The number of aryl methyl sites for hydroxylation is 1. The van der Waals surface area contributed by atoms with E-state index in [4.69, 9.17) is 18.9 Å². The van der Waals surface area contributed by atoms with E-state index in [1.807, 2.05) is 13.0 Å². The summed E-state index contributed by atoms with van der Waals surface area (Å²) in [7, 11) is 1.03. The Balaban J connectivity index is 1.71. The van der Waals surface area contributed by atoms with Crippen molar-refractivity contribution in [1.29, 1.82) is 0 Å². The van der Waals surface area contributed by atoms with Gasteiger partial charge >= 0.3 is 0 Å². The Morgan fingerprint density at radius 3 is 2.35 bits per heavy atom. The van der Waals surface area contributed by atoms with Crippen LogP contribution in [0.2, 0.25) is 0 Å². The van der Waals surface area contributed by atoms with Crippen LogP contribution in [0.3, 0.4) is 0 Å². The third-order valence-corrected chi connectivity index (χ3v) is 7.66. The molecule has 1 atom stereocenters. The molecular formula is C24H32N2O7S. The second-order valence-electron chi connectivity index (χ2n) is 7.89. The Morgan fingerprint density at radius 2 is 1.71 bits per heavy atom. The van der Waals surface area contributed by atoms with Crippen molar-refractivity contribution in [3.05, 3.63) is 47.5 Å². The van der Waals surface area contributed by atoms with Crippen molar-refractivity contribution in [2.75, 3.05) is 47.6 Å². The summed E-state index contributed by atoms with van der Waals surface area (Å²) < 4.78 is 48.8. The van der Waals surface area contributed by atoms with Crippen LogP contribution >= 0.6 is 0 Å². The van der Waals surface area contributed by atoms with Crippen molar-refractivity contribution in [2.45, 2.75) is 30.7 Å². The highest BCUT2D eigenvalue weighted by atomic mass is 32.2. The van der Waals surface area contributed by atoms with Gasteiger partial charge < -0.3 is 24.3 Å². The fourth-order valence-electron chi connectivity index (χ4n) is 3.86. The van der Waals surface area contributed by atoms with Gasteiger partial charge in [0.1, 0.15) is 17.2 Å². The normalized spacial score (nSPS) is 15.4. The zero-order valence-corrected chi connectivity index (χ0v) is 20.8. The number of ether oxygens (including phenoxy) is 4. The highest BCUT2D eigenvalue weighted by Crippen LogP contribution is 2.30. The Hall–Kier alpha value is -2.82. The van der Waals surface area contributed by atoms with E-state index in [1.54, 1.807) is 38.5 Å². The molecular weight excluding hydrogens is 460 g/mol. The summed E-state index contributed by atoms with van der Waals surface area (Å²) in [6, 6.07) is 9.85. The summed E-state index contributed by atoms with van der Waals surface area (Å²) in [6.07, 6.45) is 0.484. The summed E-state index contributed by atoms with van der Waals surface area (Å²) in [5.41, 5.74) is 1.45. The molecule has 0 saturated carbocycles. The van der Waals surface area contributed by atoms with E-state index in [2.05, 4.69) is 5.32 Å². The zero-order valence-electron chi connectivity index (χ0n) is 20.0. The lowest BCUT2D eigenvalue weighted by atomic mass is 10.1. The minimum atomic E-state index is -3.65. The number of hydrogen-bond donors (Lipinski definition) is 1. The van der Waals surface area contributed by atoms with E-state index in [1.165, 1.54) is 17.5 Å². The minimum absolute atomic E-state index is 0.161. The number of methoxy groups -OCH3 is 3. The van der Waals surface area contributed by atoms with Gasteiger partial charge in [-0.15, -0.1) is 0 Å². The van der Waals surface area contributed by atoms with Crippen molar-refractivity contribution in [3.63, 3.8) is 0 Å². The maximum Gasteiger partial charge on any atom is 0.243 e. The summed E-state index contributed by atoms with van der Waals surface area (Å²) >= 11 is 0. The van der Waals surface area contributed by atoms with Crippen LogP contribution in [-0.4, -0.2) is 66.3 Å². The molecule has 2 aromatic carbocycles. The van der Waals surface area contributed by atoms with Crippen molar-refractivity contribution < 1.29 is 32.2 Å². The first-order chi connectivity index (χ1) is 16.3. The fourth-order valence-corrected chi connectivity index (χ4v) is 5.32. The molecule has 3 rings (SSSR count). The first-order valence-corrected chi connectivity index (χ1v) is 12.5. The average Bonchev–Trinajstić information content (AvgIpc) is 2.87. The number of sulfonamides is 1. The molecule has 1 fully saturated rings. The van der Waals surface area contributed by atoms with Crippen LogP contribution < -0.4 is 19.5 Å². The SMILES string of the molecule is COc1ccc(OC)c([C@@H](C)NC(=O)CCc2cc(S(=O)(=O)N3CCOCC3)ccc2OC)c1. The molecule has 186 valence electrons. The van der Waals surface area contributed by atoms with Crippen molar-refractivity contribution >= 4 is 15.9 Å². The maximum absolute atomic E-state index is 13.0. The Kier molecular flexibility index (Phi) is 8.76. The lowest BCUT2D eigenvalue weighted by molar-refractivity contribution is -0.121. The number of rotatable bonds is 10. The second-order valence-corrected chi connectivity index (χ2v) is 9.83. The maximum atomic E-state index is 13.0. The number of amides is 1. The second kappa shape index (κ2) is 11.5. The number of hydrogen-bond acceptors (Lipinski definition) is 7. The third-order valence-electron chi connectivity index (χ3n) is 5.76. The molecule has 0 radical (unpaired) electrons. The molecule has 1 aliphatic rings. The predicted octanol–water partition coefficient (Wildman–Crippen LogP) is 2.54. The van der Waals surface area contributed by atoms with E-state index in [-0.39, 0.29) is 23.3 Å². The van der Waals surface area contributed by atoms with Crippen LogP contribution in [0.5, 0.6) is 17.2 Å². The summed E-state index contributed by atoms with van der Waals surface area (Å²) in [6.45, 7) is 3.25. The van der Waals surface area contributed by atoms with Crippen LogP contribution in [0.15, 0.2) is 41.3 Å². The number of benzene rings is 2. The van der Waals surface area contributed by atoms with Gasteiger partial charge in [-0.25, -0.2) is 8.42 Å². The third kappa shape index (κ3) is 5.99. The lowest BCUT2D eigenvalue weighted by Gasteiger charge is -2.26. The topological polar surface area (TPSA) is 103 Å². The van der Waals surface area contributed by atoms with Crippen LogP contribution in [-0.2, 0) is 26.0 Å². The smallest absolute Gasteiger partial charge is 0.243 e. The van der Waals surface area contributed by atoms with E-state index >= 15 is 0 Å². The monoisotopic (exact) mass is 492 g/mol. The molecule has 1 heterocycles. The quantitative estimate of drug-likeness (QED) is 0.544. The number of carbonyl (C=O) groups excluding carboxylic acids is 1. The molecule has 1 aliphatic heterocycles. The molecule has 1 saturated heterocycles. The van der Waals surface area contributed by atoms with Crippen LogP contribution in [0, 0.1) is 0 Å². The Morgan fingerprint density at radius 1 is 1.03 bits per heavy atom. The van der Waals surface area contributed by atoms with Gasteiger partial charge in [0.25, 0.3) is 0 Å². The van der Waals surface area contributed by atoms with Crippen LogP contribution in [0.1, 0.15) is 30.5 Å². The molecule has 0 unspecified atom stereocenters. The predicted molar refractivity (Wildman–Crippen MR) is 127 cm³/mol. The van der Waals surface area contributed by atoms with Gasteiger partial charge in [0.05, 0.1) is 45.5 Å². The molecule has 1 N–H and O–H groups in total. The van der Waals surface area contributed by atoms with E-state index in [0.29, 0.717) is 55.5 Å². The zero-order chi connectivity index (χ0) is 24.7. The van der Waals surface area contributed by atoms with E-state index < -0.39 is 10.0 Å².